The molecule has 0 spiro atoms. The summed E-state index contributed by atoms with van der Waals surface area (Å²) in [5.74, 6) is -0.911. The third kappa shape index (κ3) is 2.65. The molecule has 2 N–H and O–H groups in total. The Morgan fingerprint density at radius 3 is 2.76 bits per heavy atom. The maximum Gasteiger partial charge on any atom is 0.337 e. The van der Waals surface area contributed by atoms with Crippen LogP contribution in [0.2, 0.25) is 0 Å². The van der Waals surface area contributed by atoms with E-state index in [4.69, 9.17) is 5.11 Å². The van der Waals surface area contributed by atoms with Crippen molar-refractivity contribution in [1.29, 1.82) is 0 Å². The number of carboxylic acid groups (broad SMARTS) is 1. The van der Waals surface area contributed by atoms with Crippen LogP contribution in [0.1, 0.15) is 28.9 Å². The molecule has 0 bridgehead atoms. The lowest BCUT2D eigenvalue weighted by Gasteiger charge is -2.15. The second-order valence-corrected chi connectivity index (χ2v) is 4.55. The quantitative estimate of drug-likeness (QED) is 0.867. The van der Waals surface area contributed by atoms with Gasteiger partial charge in [-0.2, -0.15) is 11.3 Å². The molecule has 0 saturated heterocycles. The van der Waals surface area contributed by atoms with Crippen molar-refractivity contribution in [2.24, 2.45) is 0 Å². The average Bonchev–Trinajstić information content (AvgIpc) is 2.83. The smallest absolute Gasteiger partial charge is 0.337 e. The predicted octanol–water partition coefficient (Wildman–Crippen LogP) is 3.62. The maximum atomic E-state index is 11.1. The standard InChI is InChI=1S/C13H13NO2S/c1-9(10-6-7-17-8-10)14-12-5-3-2-4-11(12)13(15)16/h2-9,14H,1H3,(H,15,16). The number of anilines is 1. The summed E-state index contributed by atoms with van der Waals surface area (Å²) in [4.78, 5) is 11.1. The summed E-state index contributed by atoms with van der Waals surface area (Å²) in [6, 6.07) is 9.07. The van der Waals surface area contributed by atoms with Gasteiger partial charge in [-0.15, -0.1) is 0 Å². The molecule has 1 atom stereocenters. The summed E-state index contributed by atoms with van der Waals surface area (Å²) in [5, 5.41) is 16.4. The zero-order chi connectivity index (χ0) is 12.3. The molecule has 17 heavy (non-hydrogen) atoms. The summed E-state index contributed by atoms with van der Waals surface area (Å²) in [7, 11) is 0. The molecule has 4 heteroatoms. The van der Waals surface area contributed by atoms with Crippen molar-refractivity contribution < 1.29 is 9.90 Å². The number of hydrogen-bond acceptors (Lipinski definition) is 3. The minimum atomic E-state index is -0.911. The van der Waals surface area contributed by atoms with E-state index in [0.717, 1.165) is 5.56 Å². The van der Waals surface area contributed by atoms with Crippen LogP contribution in [-0.2, 0) is 0 Å². The molecule has 2 aromatic rings. The minimum Gasteiger partial charge on any atom is -0.478 e. The normalized spacial score (nSPS) is 12.1. The molecule has 0 aliphatic rings. The molecule has 0 saturated carbocycles. The Morgan fingerprint density at radius 2 is 2.12 bits per heavy atom. The van der Waals surface area contributed by atoms with Crippen molar-refractivity contribution in [2.75, 3.05) is 5.32 Å². The molecular weight excluding hydrogens is 234 g/mol. The maximum absolute atomic E-state index is 11.1. The van der Waals surface area contributed by atoms with Crippen molar-refractivity contribution >= 4 is 23.0 Å². The molecule has 0 amide bonds. The summed E-state index contributed by atoms with van der Waals surface area (Å²) in [6.07, 6.45) is 0. The molecule has 0 aliphatic carbocycles. The number of thiophene rings is 1. The van der Waals surface area contributed by atoms with E-state index >= 15 is 0 Å². The summed E-state index contributed by atoms with van der Waals surface area (Å²) < 4.78 is 0. The second-order valence-electron chi connectivity index (χ2n) is 3.77. The van der Waals surface area contributed by atoms with E-state index in [-0.39, 0.29) is 6.04 Å². The van der Waals surface area contributed by atoms with Crippen LogP contribution in [0.4, 0.5) is 5.69 Å². The fourth-order valence-corrected chi connectivity index (χ4v) is 2.39. The van der Waals surface area contributed by atoms with Gasteiger partial charge in [-0.1, -0.05) is 12.1 Å². The Labute approximate surface area is 104 Å². The number of benzene rings is 1. The van der Waals surface area contributed by atoms with Gasteiger partial charge in [-0.25, -0.2) is 4.79 Å². The highest BCUT2D eigenvalue weighted by Crippen LogP contribution is 2.23. The first kappa shape index (κ1) is 11.7. The fourth-order valence-electron chi connectivity index (χ4n) is 1.63. The summed E-state index contributed by atoms with van der Waals surface area (Å²) >= 11 is 1.63. The van der Waals surface area contributed by atoms with Crippen LogP contribution in [-0.4, -0.2) is 11.1 Å². The first-order chi connectivity index (χ1) is 8.18. The molecule has 0 aliphatic heterocycles. The average molecular weight is 247 g/mol. The number of aromatic carboxylic acids is 1. The van der Waals surface area contributed by atoms with E-state index in [0.29, 0.717) is 11.3 Å². The number of hydrogen-bond donors (Lipinski definition) is 2. The van der Waals surface area contributed by atoms with Crippen molar-refractivity contribution in [3.8, 4) is 0 Å². The highest BCUT2D eigenvalue weighted by molar-refractivity contribution is 7.07. The van der Waals surface area contributed by atoms with Gasteiger partial charge in [0.05, 0.1) is 5.56 Å². The Hall–Kier alpha value is -1.81. The third-order valence-electron chi connectivity index (χ3n) is 2.57. The van der Waals surface area contributed by atoms with Crippen LogP contribution in [0.25, 0.3) is 0 Å². The lowest BCUT2D eigenvalue weighted by Crippen LogP contribution is -2.09. The van der Waals surface area contributed by atoms with Crippen LogP contribution in [0.3, 0.4) is 0 Å². The molecule has 1 aromatic carbocycles. The van der Waals surface area contributed by atoms with Crippen LogP contribution < -0.4 is 5.32 Å². The van der Waals surface area contributed by atoms with Crippen LogP contribution in [0.15, 0.2) is 41.1 Å². The molecule has 1 heterocycles. The number of rotatable bonds is 4. The van der Waals surface area contributed by atoms with Crippen molar-refractivity contribution in [3.63, 3.8) is 0 Å². The van der Waals surface area contributed by atoms with Gasteiger partial charge in [0.2, 0.25) is 0 Å². The first-order valence-corrected chi connectivity index (χ1v) is 6.23. The Morgan fingerprint density at radius 1 is 1.35 bits per heavy atom. The van der Waals surface area contributed by atoms with Crippen molar-refractivity contribution in [1.82, 2.24) is 0 Å². The SMILES string of the molecule is CC(Nc1ccccc1C(=O)O)c1ccsc1. The number of nitrogens with one attached hydrogen (secondary N) is 1. The van der Waals surface area contributed by atoms with E-state index in [9.17, 15) is 4.79 Å². The monoisotopic (exact) mass is 247 g/mol. The zero-order valence-corrected chi connectivity index (χ0v) is 10.2. The Kier molecular flexibility index (Phi) is 3.44. The Balaban J connectivity index is 2.21. The van der Waals surface area contributed by atoms with Crippen LogP contribution in [0, 0.1) is 0 Å². The van der Waals surface area contributed by atoms with Gasteiger partial charge in [0, 0.05) is 11.7 Å². The van der Waals surface area contributed by atoms with Gasteiger partial charge in [-0.3, -0.25) is 0 Å². The lowest BCUT2D eigenvalue weighted by atomic mass is 10.1. The molecule has 0 radical (unpaired) electrons. The van der Waals surface area contributed by atoms with Gasteiger partial charge in [0.15, 0.2) is 0 Å². The molecule has 88 valence electrons. The van der Waals surface area contributed by atoms with E-state index in [1.165, 1.54) is 0 Å². The van der Waals surface area contributed by atoms with Gasteiger partial charge < -0.3 is 10.4 Å². The summed E-state index contributed by atoms with van der Waals surface area (Å²) in [5.41, 5.74) is 2.11. The predicted molar refractivity (Wildman–Crippen MR) is 69.8 cm³/mol. The van der Waals surface area contributed by atoms with E-state index in [1.807, 2.05) is 24.4 Å². The van der Waals surface area contributed by atoms with Gasteiger partial charge in [0.1, 0.15) is 0 Å². The molecular formula is C13H13NO2S. The number of carbonyl (C=O) groups is 1. The van der Waals surface area contributed by atoms with Crippen molar-refractivity contribution in [2.45, 2.75) is 13.0 Å². The zero-order valence-electron chi connectivity index (χ0n) is 9.38. The van der Waals surface area contributed by atoms with Crippen LogP contribution in [0.5, 0.6) is 0 Å². The molecule has 2 rings (SSSR count). The van der Waals surface area contributed by atoms with Crippen LogP contribution >= 0.6 is 11.3 Å². The summed E-state index contributed by atoms with van der Waals surface area (Å²) in [6.45, 7) is 2.01. The van der Waals surface area contributed by atoms with Crippen molar-refractivity contribution in [3.05, 3.63) is 52.2 Å². The minimum absolute atomic E-state index is 0.0988. The van der Waals surface area contributed by atoms with E-state index in [1.54, 1.807) is 29.5 Å². The van der Waals surface area contributed by atoms with E-state index < -0.39 is 5.97 Å². The third-order valence-corrected chi connectivity index (χ3v) is 3.27. The molecule has 1 unspecified atom stereocenters. The number of carboxylic acids is 1. The highest BCUT2D eigenvalue weighted by atomic mass is 32.1. The largest absolute Gasteiger partial charge is 0.478 e. The van der Waals surface area contributed by atoms with Gasteiger partial charge in [-0.05, 0) is 41.4 Å². The first-order valence-electron chi connectivity index (χ1n) is 5.29. The Bertz CT molecular complexity index is 508. The number of para-hydroxylation sites is 1. The lowest BCUT2D eigenvalue weighted by molar-refractivity contribution is 0.0698. The highest BCUT2D eigenvalue weighted by Gasteiger charge is 2.12. The second kappa shape index (κ2) is 5.01. The van der Waals surface area contributed by atoms with E-state index in [2.05, 4.69) is 10.7 Å². The molecule has 1 aromatic heterocycles. The van der Waals surface area contributed by atoms with Gasteiger partial charge >= 0.3 is 5.97 Å². The molecule has 3 nitrogen and oxygen atoms in total. The van der Waals surface area contributed by atoms with Gasteiger partial charge in [0.25, 0.3) is 0 Å². The molecule has 0 fully saturated rings. The topological polar surface area (TPSA) is 49.3 Å². The fraction of sp³-hybridized carbons (Fsp3) is 0.154.